The fraction of sp³-hybridized carbons (Fsp3) is 0.161. The zero-order chi connectivity index (χ0) is 26.7. The molecule has 0 fully saturated rings. The summed E-state index contributed by atoms with van der Waals surface area (Å²) in [7, 11) is 0. The normalized spacial score (nSPS) is 11.4. The van der Waals surface area contributed by atoms with Gasteiger partial charge in [0.25, 0.3) is 5.91 Å². The van der Waals surface area contributed by atoms with Crippen molar-refractivity contribution in [2.75, 3.05) is 13.2 Å². The SMILES string of the molecule is O=C(NCCc1ccccc1)[C@H](c1ccccc1)N(Cc1ccc(F)cc1)C(=O)COc1ccccc1Cl. The van der Waals surface area contributed by atoms with E-state index in [0.717, 1.165) is 5.56 Å². The molecule has 0 aliphatic carbocycles. The predicted octanol–water partition coefficient (Wildman–Crippen LogP) is 5.99. The Morgan fingerprint density at radius 3 is 2.13 bits per heavy atom. The van der Waals surface area contributed by atoms with Gasteiger partial charge in [-0.1, -0.05) is 96.5 Å². The number of amides is 2. The summed E-state index contributed by atoms with van der Waals surface area (Å²) in [5, 5.41) is 3.37. The number of carbonyl (C=O) groups excluding carboxylic acids is 2. The number of rotatable bonds is 11. The summed E-state index contributed by atoms with van der Waals surface area (Å²) in [6.45, 7) is 0.156. The van der Waals surface area contributed by atoms with Crippen molar-refractivity contribution in [2.45, 2.75) is 19.0 Å². The summed E-state index contributed by atoms with van der Waals surface area (Å²) in [5.74, 6) is -0.749. The van der Waals surface area contributed by atoms with Gasteiger partial charge in [-0.15, -0.1) is 0 Å². The number of ether oxygens (including phenoxy) is 1. The highest BCUT2D eigenvalue weighted by atomic mass is 35.5. The number of para-hydroxylation sites is 1. The number of carbonyl (C=O) groups is 2. The van der Waals surface area contributed by atoms with Crippen LogP contribution in [0.25, 0.3) is 0 Å². The van der Waals surface area contributed by atoms with Gasteiger partial charge in [0, 0.05) is 13.1 Å². The van der Waals surface area contributed by atoms with Crippen LogP contribution < -0.4 is 10.1 Å². The lowest BCUT2D eigenvalue weighted by atomic mass is 10.0. The molecule has 38 heavy (non-hydrogen) atoms. The van der Waals surface area contributed by atoms with Crippen LogP contribution in [0.15, 0.2) is 109 Å². The Hall–Kier alpha value is -4.16. The van der Waals surface area contributed by atoms with Crippen molar-refractivity contribution in [3.05, 3.63) is 137 Å². The number of nitrogens with one attached hydrogen (secondary N) is 1. The zero-order valence-corrected chi connectivity index (χ0v) is 21.5. The Balaban J connectivity index is 1.59. The minimum absolute atomic E-state index is 0.0800. The second kappa shape index (κ2) is 13.4. The van der Waals surface area contributed by atoms with Crippen molar-refractivity contribution in [3.63, 3.8) is 0 Å². The molecule has 0 saturated carbocycles. The number of hydrogen-bond acceptors (Lipinski definition) is 3. The number of hydrogen-bond donors (Lipinski definition) is 1. The fourth-order valence-corrected chi connectivity index (χ4v) is 4.26. The Kier molecular flexibility index (Phi) is 9.48. The standard InChI is InChI=1S/C31H28ClFN2O3/c32-27-13-7-8-14-28(27)38-22-29(36)35(21-24-15-17-26(33)18-16-24)30(25-11-5-2-6-12-25)31(37)34-20-19-23-9-3-1-4-10-23/h1-18,30H,19-22H2,(H,34,37)/t30-/m0/s1. The van der Waals surface area contributed by atoms with E-state index in [9.17, 15) is 14.0 Å². The van der Waals surface area contributed by atoms with E-state index < -0.39 is 11.9 Å². The molecule has 4 aromatic carbocycles. The second-order valence-electron chi connectivity index (χ2n) is 8.71. The Bertz CT molecular complexity index is 1330. The Labute approximate surface area is 226 Å². The molecule has 0 saturated heterocycles. The molecule has 194 valence electrons. The quantitative estimate of drug-likeness (QED) is 0.259. The lowest BCUT2D eigenvalue weighted by Crippen LogP contribution is -2.45. The summed E-state index contributed by atoms with van der Waals surface area (Å²) in [6.07, 6.45) is 0.648. The van der Waals surface area contributed by atoms with Gasteiger partial charge in [-0.25, -0.2) is 4.39 Å². The Morgan fingerprint density at radius 2 is 1.45 bits per heavy atom. The molecule has 0 aliphatic rings. The molecule has 0 aromatic heterocycles. The summed E-state index contributed by atoms with van der Waals surface area (Å²) in [4.78, 5) is 28.7. The molecular formula is C31H28ClFN2O3. The van der Waals surface area contributed by atoms with Gasteiger partial charge in [0.05, 0.1) is 5.02 Å². The van der Waals surface area contributed by atoms with Crippen molar-refractivity contribution in [2.24, 2.45) is 0 Å². The van der Waals surface area contributed by atoms with Crippen LogP contribution >= 0.6 is 11.6 Å². The summed E-state index contributed by atoms with van der Waals surface area (Å²) < 4.78 is 19.3. The lowest BCUT2D eigenvalue weighted by Gasteiger charge is -2.31. The Morgan fingerprint density at radius 1 is 0.816 bits per heavy atom. The third kappa shape index (κ3) is 7.43. The maximum atomic E-state index is 13.6. The largest absolute Gasteiger partial charge is 0.482 e. The lowest BCUT2D eigenvalue weighted by molar-refractivity contribution is -0.143. The summed E-state index contributed by atoms with van der Waals surface area (Å²) in [6, 6.07) is 30.7. The van der Waals surface area contributed by atoms with E-state index in [0.29, 0.717) is 34.9 Å². The van der Waals surface area contributed by atoms with E-state index in [1.54, 1.807) is 48.5 Å². The van der Waals surface area contributed by atoms with E-state index in [1.165, 1.54) is 17.0 Å². The molecule has 7 heteroatoms. The van der Waals surface area contributed by atoms with Crippen LogP contribution in [-0.2, 0) is 22.6 Å². The molecule has 0 bridgehead atoms. The molecule has 0 radical (unpaired) electrons. The minimum Gasteiger partial charge on any atom is -0.482 e. The molecule has 0 unspecified atom stereocenters. The molecule has 0 spiro atoms. The minimum atomic E-state index is -0.931. The second-order valence-corrected chi connectivity index (χ2v) is 9.11. The maximum absolute atomic E-state index is 13.6. The molecule has 0 aliphatic heterocycles. The van der Waals surface area contributed by atoms with E-state index in [2.05, 4.69) is 5.32 Å². The number of halogens is 2. The average molecular weight is 531 g/mol. The van der Waals surface area contributed by atoms with E-state index in [4.69, 9.17) is 16.3 Å². The van der Waals surface area contributed by atoms with E-state index in [-0.39, 0.29) is 24.9 Å². The van der Waals surface area contributed by atoms with Crippen LogP contribution in [-0.4, -0.2) is 29.9 Å². The van der Waals surface area contributed by atoms with Gasteiger partial charge in [0.1, 0.15) is 17.6 Å². The average Bonchev–Trinajstić information content (AvgIpc) is 2.94. The smallest absolute Gasteiger partial charge is 0.261 e. The predicted molar refractivity (Wildman–Crippen MR) is 146 cm³/mol. The number of nitrogens with zero attached hydrogens (tertiary/aromatic N) is 1. The fourth-order valence-electron chi connectivity index (χ4n) is 4.07. The molecule has 1 atom stereocenters. The highest BCUT2D eigenvalue weighted by molar-refractivity contribution is 6.32. The molecule has 5 nitrogen and oxygen atoms in total. The monoisotopic (exact) mass is 530 g/mol. The van der Waals surface area contributed by atoms with Crippen LogP contribution in [0.2, 0.25) is 5.02 Å². The van der Waals surface area contributed by atoms with E-state index in [1.807, 2.05) is 48.5 Å². The van der Waals surface area contributed by atoms with Crippen LogP contribution in [0.5, 0.6) is 5.75 Å². The van der Waals surface area contributed by atoms with Crippen LogP contribution in [0.4, 0.5) is 4.39 Å². The first-order valence-corrected chi connectivity index (χ1v) is 12.7. The van der Waals surface area contributed by atoms with Gasteiger partial charge >= 0.3 is 0 Å². The molecular weight excluding hydrogens is 503 g/mol. The third-order valence-electron chi connectivity index (χ3n) is 6.01. The van der Waals surface area contributed by atoms with Gasteiger partial charge in [0.15, 0.2) is 6.61 Å². The van der Waals surface area contributed by atoms with Gasteiger partial charge in [-0.2, -0.15) is 0 Å². The van der Waals surface area contributed by atoms with Crippen molar-refractivity contribution in [1.29, 1.82) is 0 Å². The highest BCUT2D eigenvalue weighted by Crippen LogP contribution is 2.26. The molecule has 0 heterocycles. The van der Waals surface area contributed by atoms with Crippen molar-refractivity contribution in [1.82, 2.24) is 10.2 Å². The van der Waals surface area contributed by atoms with Crippen LogP contribution in [0, 0.1) is 5.82 Å². The zero-order valence-electron chi connectivity index (χ0n) is 20.7. The van der Waals surface area contributed by atoms with Crippen molar-refractivity contribution >= 4 is 23.4 Å². The number of benzene rings is 4. The first kappa shape index (κ1) is 26.9. The van der Waals surface area contributed by atoms with Crippen molar-refractivity contribution in [3.8, 4) is 5.75 Å². The van der Waals surface area contributed by atoms with Gasteiger partial charge in [-0.3, -0.25) is 9.59 Å². The van der Waals surface area contributed by atoms with Crippen LogP contribution in [0.1, 0.15) is 22.7 Å². The van der Waals surface area contributed by atoms with Gasteiger partial charge in [-0.05, 0) is 47.4 Å². The highest BCUT2D eigenvalue weighted by Gasteiger charge is 2.31. The summed E-state index contributed by atoms with van der Waals surface area (Å²) >= 11 is 6.20. The molecule has 1 N–H and O–H groups in total. The maximum Gasteiger partial charge on any atom is 0.261 e. The van der Waals surface area contributed by atoms with Gasteiger partial charge < -0.3 is 15.0 Å². The van der Waals surface area contributed by atoms with E-state index >= 15 is 0 Å². The first-order valence-electron chi connectivity index (χ1n) is 12.3. The third-order valence-corrected chi connectivity index (χ3v) is 6.32. The molecule has 4 aromatic rings. The van der Waals surface area contributed by atoms with Gasteiger partial charge in [0.2, 0.25) is 5.91 Å². The topological polar surface area (TPSA) is 58.6 Å². The summed E-state index contributed by atoms with van der Waals surface area (Å²) in [5.41, 5.74) is 2.42. The van der Waals surface area contributed by atoms with Crippen molar-refractivity contribution < 1.29 is 18.7 Å². The first-order chi connectivity index (χ1) is 18.5. The molecule has 2 amide bonds. The molecule has 4 rings (SSSR count). The van der Waals surface area contributed by atoms with Crippen LogP contribution in [0.3, 0.4) is 0 Å².